The van der Waals surface area contributed by atoms with Crippen molar-refractivity contribution < 1.29 is 28.6 Å². The smallest absolute Gasteiger partial charge is 0.306 e. The molecular weight excluding hydrogens is 648 g/mol. The molecule has 0 aromatic carbocycles. The van der Waals surface area contributed by atoms with E-state index in [1.807, 2.05) is 0 Å². The van der Waals surface area contributed by atoms with Gasteiger partial charge in [-0.25, -0.2) is 0 Å². The molecule has 0 N–H and O–H groups in total. The van der Waals surface area contributed by atoms with Crippen LogP contribution in [0, 0.1) is 11.8 Å². The summed E-state index contributed by atoms with van der Waals surface area (Å²) in [4.78, 5) is 37.7. The molecule has 0 rings (SSSR count). The zero-order valence-electron chi connectivity index (χ0n) is 35.4. The average molecular weight is 737 g/mol. The van der Waals surface area contributed by atoms with E-state index in [0.717, 1.165) is 69.6 Å². The van der Waals surface area contributed by atoms with Gasteiger partial charge >= 0.3 is 17.9 Å². The normalized spacial score (nSPS) is 12.6. The summed E-state index contributed by atoms with van der Waals surface area (Å²) in [7, 11) is 0. The molecule has 0 aromatic rings. The molecule has 0 saturated heterocycles. The minimum absolute atomic E-state index is 0.0657. The summed E-state index contributed by atoms with van der Waals surface area (Å²) in [5.74, 6) is 0.767. The molecule has 0 saturated carbocycles. The maximum Gasteiger partial charge on any atom is 0.306 e. The Kier molecular flexibility index (Phi) is 37.9. The first kappa shape index (κ1) is 50.4. The summed E-state index contributed by atoms with van der Waals surface area (Å²) in [6.45, 7) is 11.3. The predicted octanol–water partition coefficient (Wildman–Crippen LogP) is 14.2. The Balaban J connectivity index is 4.34. The van der Waals surface area contributed by atoms with Crippen LogP contribution in [0.25, 0.3) is 0 Å². The largest absolute Gasteiger partial charge is 0.462 e. The van der Waals surface area contributed by atoms with Crippen LogP contribution in [-0.4, -0.2) is 37.2 Å². The predicted molar refractivity (Wildman–Crippen MR) is 220 cm³/mol. The van der Waals surface area contributed by atoms with Gasteiger partial charge in [0.1, 0.15) is 13.2 Å². The van der Waals surface area contributed by atoms with Gasteiger partial charge in [-0.3, -0.25) is 14.4 Å². The first-order valence-electron chi connectivity index (χ1n) is 22.8. The molecule has 6 heteroatoms. The molecule has 0 fully saturated rings. The number of carbonyl (C=O) groups is 3. The van der Waals surface area contributed by atoms with E-state index in [2.05, 4.69) is 34.6 Å². The van der Waals surface area contributed by atoms with E-state index >= 15 is 0 Å². The number of hydrogen-bond donors (Lipinski definition) is 0. The van der Waals surface area contributed by atoms with Gasteiger partial charge in [0.2, 0.25) is 0 Å². The lowest BCUT2D eigenvalue weighted by atomic mass is 10.00. The van der Waals surface area contributed by atoms with Gasteiger partial charge in [0, 0.05) is 19.3 Å². The third kappa shape index (κ3) is 38.1. The third-order valence-electron chi connectivity index (χ3n) is 10.6. The molecule has 2 atom stereocenters. The second kappa shape index (κ2) is 39.1. The van der Waals surface area contributed by atoms with Gasteiger partial charge in [-0.15, -0.1) is 0 Å². The highest BCUT2D eigenvalue weighted by molar-refractivity contribution is 5.71. The van der Waals surface area contributed by atoms with Crippen LogP contribution in [0.1, 0.15) is 247 Å². The highest BCUT2D eigenvalue weighted by Gasteiger charge is 2.19. The average Bonchev–Trinajstić information content (AvgIpc) is 3.12. The van der Waals surface area contributed by atoms with E-state index in [9.17, 15) is 14.4 Å². The summed E-state index contributed by atoms with van der Waals surface area (Å²) in [6.07, 6.45) is 36.6. The van der Waals surface area contributed by atoms with Gasteiger partial charge in [-0.05, 0) is 31.1 Å². The maximum atomic E-state index is 12.7. The fourth-order valence-corrected chi connectivity index (χ4v) is 6.72. The van der Waals surface area contributed by atoms with Crippen LogP contribution in [0.3, 0.4) is 0 Å². The van der Waals surface area contributed by atoms with E-state index in [0.29, 0.717) is 19.3 Å². The van der Waals surface area contributed by atoms with Crippen molar-refractivity contribution in [2.45, 2.75) is 253 Å². The van der Waals surface area contributed by atoms with Crippen molar-refractivity contribution in [3.05, 3.63) is 0 Å². The van der Waals surface area contributed by atoms with Gasteiger partial charge in [-0.1, -0.05) is 208 Å². The summed E-state index contributed by atoms with van der Waals surface area (Å²) in [5, 5.41) is 0. The third-order valence-corrected chi connectivity index (χ3v) is 10.6. The topological polar surface area (TPSA) is 78.9 Å². The zero-order valence-corrected chi connectivity index (χ0v) is 35.4. The van der Waals surface area contributed by atoms with Crippen LogP contribution in [0.15, 0.2) is 0 Å². The lowest BCUT2D eigenvalue weighted by Crippen LogP contribution is -2.30. The standard InChI is InChI=1S/C46H88O6/c1-6-8-9-10-11-12-13-17-20-26-31-36-44(47)50-39-43(52-46(49)38-33-28-23-22-25-30-35-42(5)7-2)40-51-45(48)37-32-27-21-18-15-14-16-19-24-29-34-41(3)4/h41-43H,6-40H2,1-5H3/t42?,43-/m0/s1. The zero-order chi connectivity index (χ0) is 38.3. The van der Waals surface area contributed by atoms with Gasteiger partial charge < -0.3 is 14.2 Å². The molecule has 0 aliphatic heterocycles. The van der Waals surface area contributed by atoms with E-state index in [4.69, 9.17) is 14.2 Å². The van der Waals surface area contributed by atoms with Gasteiger partial charge in [0.05, 0.1) is 0 Å². The quantitative estimate of drug-likeness (QED) is 0.0354. The Hall–Kier alpha value is -1.59. The van der Waals surface area contributed by atoms with E-state index in [1.165, 1.54) is 135 Å². The Labute approximate surface area is 323 Å². The lowest BCUT2D eigenvalue weighted by molar-refractivity contribution is -0.167. The van der Waals surface area contributed by atoms with Crippen molar-refractivity contribution in [2.24, 2.45) is 11.8 Å². The molecule has 0 aliphatic carbocycles. The van der Waals surface area contributed by atoms with Crippen LogP contribution < -0.4 is 0 Å². The van der Waals surface area contributed by atoms with E-state index in [1.54, 1.807) is 0 Å². The van der Waals surface area contributed by atoms with E-state index < -0.39 is 6.10 Å². The van der Waals surface area contributed by atoms with Gasteiger partial charge in [0.15, 0.2) is 6.10 Å². The summed E-state index contributed by atoms with van der Waals surface area (Å²) < 4.78 is 16.7. The molecule has 52 heavy (non-hydrogen) atoms. The van der Waals surface area contributed by atoms with Crippen molar-refractivity contribution in [1.82, 2.24) is 0 Å². The molecule has 0 amide bonds. The molecule has 0 heterocycles. The summed E-state index contributed by atoms with van der Waals surface area (Å²) in [5.41, 5.74) is 0. The monoisotopic (exact) mass is 737 g/mol. The molecule has 1 unspecified atom stereocenters. The van der Waals surface area contributed by atoms with Gasteiger partial charge in [0.25, 0.3) is 0 Å². The first-order chi connectivity index (χ1) is 25.3. The SMILES string of the molecule is CCCCCCCCCCCCCC(=O)OC[C@@H](COC(=O)CCCCCCCCCCCCC(C)C)OC(=O)CCCCCCCCC(C)CC. The van der Waals surface area contributed by atoms with Crippen LogP contribution in [-0.2, 0) is 28.6 Å². The highest BCUT2D eigenvalue weighted by atomic mass is 16.6. The molecular formula is C46H88O6. The Morgan fingerprint density at radius 1 is 0.404 bits per heavy atom. The lowest BCUT2D eigenvalue weighted by Gasteiger charge is -2.18. The van der Waals surface area contributed by atoms with Gasteiger partial charge in [-0.2, -0.15) is 0 Å². The van der Waals surface area contributed by atoms with E-state index in [-0.39, 0.29) is 31.1 Å². The van der Waals surface area contributed by atoms with Crippen LogP contribution in [0.2, 0.25) is 0 Å². The van der Waals surface area contributed by atoms with Crippen molar-refractivity contribution in [3.8, 4) is 0 Å². The Morgan fingerprint density at radius 3 is 1.10 bits per heavy atom. The van der Waals surface area contributed by atoms with Crippen molar-refractivity contribution >= 4 is 17.9 Å². The van der Waals surface area contributed by atoms with Crippen molar-refractivity contribution in [2.75, 3.05) is 13.2 Å². The van der Waals surface area contributed by atoms with Crippen molar-refractivity contribution in [1.29, 1.82) is 0 Å². The fraction of sp³-hybridized carbons (Fsp3) is 0.935. The highest BCUT2D eigenvalue weighted by Crippen LogP contribution is 2.17. The van der Waals surface area contributed by atoms with Crippen LogP contribution >= 0.6 is 0 Å². The second-order valence-electron chi connectivity index (χ2n) is 16.4. The van der Waals surface area contributed by atoms with Crippen molar-refractivity contribution in [3.63, 3.8) is 0 Å². The number of carbonyl (C=O) groups excluding carboxylic acids is 3. The maximum absolute atomic E-state index is 12.7. The number of rotatable bonds is 40. The molecule has 308 valence electrons. The molecule has 0 spiro atoms. The molecule has 0 aliphatic rings. The summed E-state index contributed by atoms with van der Waals surface area (Å²) >= 11 is 0. The Bertz CT molecular complexity index is 796. The molecule has 0 radical (unpaired) electrons. The number of ether oxygens (including phenoxy) is 3. The van der Waals surface area contributed by atoms with Crippen LogP contribution in [0.4, 0.5) is 0 Å². The number of esters is 3. The second-order valence-corrected chi connectivity index (χ2v) is 16.4. The molecule has 0 aromatic heterocycles. The Morgan fingerprint density at radius 2 is 0.731 bits per heavy atom. The van der Waals surface area contributed by atoms with Crippen LogP contribution in [0.5, 0.6) is 0 Å². The first-order valence-corrected chi connectivity index (χ1v) is 22.8. The fourth-order valence-electron chi connectivity index (χ4n) is 6.72. The minimum atomic E-state index is -0.761. The number of hydrogen-bond acceptors (Lipinski definition) is 6. The molecule has 0 bridgehead atoms. The number of unbranched alkanes of at least 4 members (excludes halogenated alkanes) is 24. The molecule has 6 nitrogen and oxygen atoms in total. The summed E-state index contributed by atoms with van der Waals surface area (Å²) in [6, 6.07) is 0. The minimum Gasteiger partial charge on any atom is -0.462 e.